The largest absolute Gasteiger partial charge is 0.472 e. The number of allylic oxidation sites excluding steroid dienone is 14. The van der Waals surface area contributed by atoms with Crippen LogP contribution in [0, 0.1) is 0 Å². The zero-order chi connectivity index (χ0) is 55.5. The van der Waals surface area contributed by atoms with Gasteiger partial charge in [0.25, 0.3) is 0 Å². The summed E-state index contributed by atoms with van der Waals surface area (Å²) in [6.07, 6.45) is 66.8. The van der Waals surface area contributed by atoms with Crippen LogP contribution in [0.25, 0.3) is 0 Å². The molecule has 0 aromatic rings. The van der Waals surface area contributed by atoms with Crippen LogP contribution in [0.1, 0.15) is 265 Å². The van der Waals surface area contributed by atoms with E-state index in [1.54, 1.807) is 0 Å². The number of aliphatic hydroxyl groups is 1. The standard InChI is InChI=1S/C64H111O11P/c1-4-7-10-13-16-19-22-25-27-29-30-32-34-37-40-43-46-49-52-55-64(68)75-61(57-71-62(66)53-50-47-44-41-38-36-33-31-28-26-23-20-17-14-11-8-5-2)59-73-76(69,70)72-58-60(56-65)74-63(67)54-51-48-45-42-39-35-24-21-18-15-12-9-6-3/h8,11,16-17,19-20,25-28,33,36,41,44,60-61,65H,4-7,9-10,12-15,18,21-24,29-32,34-35,37-40,42-43,45-59H2,1-3H3,(H,69,70)/b11-8-,19-16-,20-17-,27-25-,28-26-,36-33-,44-41-. The van der Waals surface area contributed by atoms with Crippen molar-refractivity contribution in [3.8, 4) is 0 Å². The van der Waals surface area contributed by atoms with Gasteiger partial charge in [-0.05, 0) is 89.9 Å². The Kier molecular flexibility index (Phi) is 55.3. The molecule has 0 fully saturated rings. The minimum Gasteiger partial charge on any atom is -0.462 e. The second kappa shape index (κ2) is 57.8. The van der Waals surface area contributed by atoms with Gasteiger partial charge in [-0.1, -0.05) is 241 Å². The normalized spacial score (nSPS) is 13.9. The van der Waals surface area contributed by atoms with E-state index in [2.05, 4.69) is 99.8 Å². The first-order chi connectivity index (χ1) is 37.2. The molecule has 76 heavy (non-hydrogen) atoms. The highest BCUT2D eigenvalue weighted by Gasteiger charge is 2.28. The second-order valence-electron chi connectivity index (χ2n) is 20.1. The fourth-order valence-electron chi connectivity index (χ4n) is 8.19. The first-order valence-corrected chi connectivity index (χ1v) is 32.0. The summed E-state index contributed by atoms with van der Waals surface area (Å²) in [6.45, 7) is 4.46. The van der Waals surface area contributed by atoms with Gasteiger partial charge in [-0.15, -0.1) is 0 Å². The Morgan fingerprint density at radius 2 is 0.697 bits per heavy atom. The van der Waals surface area contributed by atoms with Crippen molar-refractivity contribution in [1.29, 1.82) is 0 Å². The lowest BCUT2D eigenvalue weighted by Crippen LogP contribution is -2.30. The molecule has 0 aliphatic heterocycles. The number of hydrogen-bond donors (Lipinski definition) is 2. The summed E-state index contributed by atoms with van der Waals surface area (Å²) < 4.78 is 39.5. The fourth-order valence-corrected chi connectivity index (χ4v) is 8.97. The molecule has 0 heterocycles. The Hall–Kier alpha value is -3.34. The predicted octanol–water partition coefficient (Wildman–Crippen LogP) is 18.3. The van der Waals surface area contributed by atoms with Gasteiger partial charge in [0.15, 0.2) is 6.10 Å². The molecule has 0 aliphatic carbocycles. The summed E-state index contributed by atoms with van der Waals surface area (Å²) in [4.78, 5) is 48.6. The Morgan fingerprint density at radius 1 is 0.382 bits per heavy atom. The summed E-state index contributed by atoms with van der Waals surface area (Å²) in [6, 6.07) is 0. The van der Waals surface area contributed by atoms with Crippen molar-refractivity contribution < 1.29 is 52.2 Å². The van der Waals surface area contributed by atoms with E-state index in [9.17, 15) is 28.9 Å². The van der Waals surface area contributed by atoms with Crippen LogP contribution in [0.4, 0.5) is 0 Å². The maximum absolute atomic E-state index is 12.9. The molecular formula is C64H111O11P. The Morgan fingerprint density at radius 3 is 1.12 bits per heavy atom. The third kappa shape index (κ3) is 55.4. The highest BCUT2D eigenvalue weighted by Crippen LogP contribution is 2.43. The van der Waals surface area contributed by atoms with E-state index in [-0.39, 0.29) is 25.9 Å². The molecule has 0 aliphatic rings. The summed E-state index contributed by atoms with van der Waals surface area (Å²) in [5, 5.41) is 9.82. The maximum atomic E-state index is 12.9. The van der Waals surface area contributed by atoms with Gasteiger partial charge in [-0.3, -0.25) is 23.4 Å². The molecule has 12 heteroatoms. The maximum Gasteiger partial charge on any atom is 0.472 e. The third-order valence-corrected chi connectivity index (χ3v) is 13.8. The topological polar surface area (TPSA) is 155 Å². The van der Waals surface area contributed by atoms with E-state index in [1.165, 1.54) is 116 Å². The van der Waals surface area contributed by atoms with Crippen LogP contribution in [0.5, 0.6) is 0 Å². The molecule has 3 atom stereocenters. The van der Waals surface area contributed by atoms with Gasteiger partial charge in [0.1, 0.15) is 12.7 Å². The van der Waals surface area contributed by atoms with Crippen molar-refractivity contribution in [2.24, 2.45) is 0 Å². The zero-order valence-electron chi connectivity index (χ0n) is 48.5. The molecular weight excluding hydrogens is 976 g/mol. The van der Waals surface area contributed by atoms with Crippen molar-refractivity contribution in [3.05, 3.63) is 85.1 Å². The second-order valence-corrected chi connectivity index (χ2v) is 21.6. The Labute approximate surface area is 464 Å². The first-order valence-electron chi connectivity index (χ1n) is 30.5. The molecule has 0 spiro atoms. The van der Waals surface area contributed by atoms with Gasteiger partial charge in [0, 0.05) is 19.3 Å². The van der Waals surface area contributed by atoms with Crippen LogP contribution in [0.2, 0.25) is 0 Å². The van der Waals surface area contributed by atoms with E-state index < -0.39 is 57.8 Å². The molecule has 3 unspecified atom stereocenters. The van der Waals surface area contributed by atoms with Crippen LogP contribution in [-0.2, 0) is 42.2 Å². The molecule has 0 rings (SSSR count). The molecule has 0 saturated carbocycles. The van der Waals surface area contributed by atoms with Crippen LogP contribution in [0.3, 0.4) is 0 Å². The highest BCUT2D eigenvalue weighted by molar-refractivity contribution is 7.47. The van der Waals surface area contributed by atoms with E-state index in [0.717, 1.165) is 83.5 Å². The SMILES string of the molecule is CC/C=C\C/C=C\C/C=C\C/C=C\C/C=C\CCCC(=O)OCC(COP(=O)(O)OCC(CO)OC(=O)CCCCCCCCCCCCCCC)OC(=O)CCCCCCCCCCC/C=C\C/C=C\CCCCC. The molecule has 11 nitrogen and oxygen atoms in total. The molecule has 0 radical (unpaired) electrons. The lowest BCUT2D eigenvalue weighted by Gasteiger charge is -2.21. The summed E-state index contributed by atoms with van der Waals surface area (Å²) >= 11 is 0. The number of aliphatic hydroxyl groups excluding tert-OH is 1. The molecule has 0 bridgehead atoms. The van der Waals surface area contributed by atoms with Gasteiger partial charge in [0.05, 0.1) is 19.8 Å². The first kappa shape index (κ1) is 72.7. The number of carbonyl (C=O) groups is 3. The minimum absolute atomic E-state index is 0.146. The van der Waals surface area contributed by atoms with Gasteiger partial charge >= 0.3 is 25.7 Å². The number of hydrogen-bond acceptors (Lipinski definition) is 10. The van der Waals surface area contributed by atoms with Crippen molar-refractivity contribution in [1.82, 2.24) is 0 Å². The Balaban J connectivity index is 4.79. The highest BCUT2D eigenvalue weighted by atomic mass is 31.2. The lowest BCUT2D eigenvalue weighted by molar-refractivity contribution is -0.161. The number of ether oxygens (including phenoxy) is 3. The van der Waals surface area contributed by atoms with Gasteiger partial charge in [0.2, 0.25) is 0 Å². The summed E-state index contributed by atoms with van der Waals surface area (Å²) in [5.74, 6) is -1.53. The fraction of sp³-hybridized carbons (Fsp3) is 0.734. The smallest absolute Gasteiger partial charge is 0.462 e. The zero-order valence-corrected chi connectivity index (χ0v) is 49.3. The number of unbranched alkanes of at least 4 members (excludes halogenated alkanes) is 25. The van der Waals surface area contributed by atoms with Crippen molar-refractivity contribution >= 4 is 25.7 Å². The van der Waals surface area contributed by atoms with Gasteiger partial charge in [-0.25, -0.2) is 4.57 Å². The van der Waals surface area contributed by atoms with Crippen molar-refractivity contribution in [3.63, 3.8) is 0 Å². The molecule has 2 N–H and O–H groups in total. The monoisotopic (exact) mass is 1090 g/mol. The third-order valence-electron chi connectivity index (χ3n) is 12.8. The molecule has 0 amide bonds. The predicted molar refractivity (Wildman–Crippen MR) is 316 cm³/mol. The van der Waals surface area contributed by atoms with E-state index in [1.807, 2.05) is 6.08 Å². The number of phosphoric acid groups is 1. The summed E-state index contributed by atoms with van der Waals surface area (Å²) in [5.41, 5.74) is 0. The van der Waals surface area contributed by atoms with Crippen LogP contribution < -0.4 is 0 Å². The van der Waals surface area contributed by atoms with Gasteiger partial charge in [-0.2, -0.15) is 0 Å². The average molecular weight is 1090 g/mol. The lowest BCUT2D eigenvalue weighted by atomic mass is 10.0. The number of carbonyl (C=O) groups excluding carboxylic acids is 3. The van der Waals surface area contributed by atoms with Crippen molar-refractivity contribution in [2.45, 2.75) is 277 Å². The van der Waals surface area contributed by atoms with Crippen LogP contribution >= 0.6 is 7.82 Å². The van der Waals surface area contributed by atoms with Crippen LogP contribution in [0.15, 0.2) is 85.1 Å². The molecule has 0 aromatic carbocycles. The number of rotatable bonds is 56. The van der Waals surface area contributed by atoms with Crippen molar-refractivity contribution in [2.75, 3.05) is 26.4 Å². The number of esters is 3. The molecule has 438 valence electrons. The van der Waals surface area contributed by atoms with Crippen LogP contribution in [-0.4, -0.2) is 66.5 Å². The number of phosphoric ester groups is 1. The van der Waals surface area contributed by atoms with Gasteiger partial charge < -0.3 is 24.2 Å². The molecule has 0 saturated heterocycles. The molecule has 0 aromatic heterocycles. The van der Waals surface area contributed by atoms with E-state index in [4.69, 9.17) is 23.3 Å². The summed E-state index contributed by atoms with van der Waals surface area (Å²) in [7, 11) is -4.76. The Bertz CT molecular complexity index is 1600. The van der Waals surface area contributed by atoms with E-state index >= 15 is 0 Å². The van der Waals surface area contributed by atoms with E-state index in [0.29, 0.717) is 25.7 Å². The average Bonchev–Trinajstić information content (AvgIpc) is 3.41. The quantitative estimate of drug-likeness (QED) is 0.0197. The minimum atomic E-state index is -4.76.